The normalized spacial score (nSPS) is 18.4. The molecule has 0 amide bonds. The van der Waals surface area contributed by atoms with E-state index in [1.165, 1.54) is 84.7 Å². The third-order valence-electron chi connectivity index (χ3n) is 16.5. The Morgan fingerprint density at radius 2 is 1.39 bits per heavy atom. The summed E-state index contributed by atoms with van der Waals surface area (Å²) in [7, 11) is 1.69. The molecule has 11 rings (SSSR count). The molecule has 0 bridgehead atoms. The van der Waals surface area contributed by atoms with Crippen LogP contribution in [0, 0.1) is 12.8 Å². The smallest absolute Gasteiger partial charge is 0.343 e. The molecular weight excluding hydrogens is 977 g/mol. The van der Waals surface area contributed by atoms with Gasteiger partial charge >= 0.3 is 5.97 Å². The van der Waals surface area contributed by atoms with E-state index < -0.39 is 11.6 Å². The van der Waals surface area contributed by atoms with Crippen LogP contribution in [0.25, 0.3) is 49.9 Å². The van der Waals surface area contributed by atoms with Gasteiger partial charge in [-0.2, -0.15) is 0 Å². The lowest BCUT2D eigenvalue weighted by atomic mass is 9.76. The third kappa shape index (κ3) is 9.01. The molecule has 6 heteroatoms. The number of unbranched alkanes of at least 4 members (excludes halogenated alkanes) is 3. The lowest BCUT2D eigenvalue weighted by molar-refractivity contribution is 0.0737. The van der Waals surface area contributed by atoms with Gasteiger partial charge in [0, 0.05) is 37.4 Å². The molecule has 1 heterocycles. The number of ether oxygens (including phenoxy) is 4. The Morgan fingerprint density at radius 3 is 2.07 bits per heavy atom. The topological polar surface area (TPSA) is 54.0 Å². The number of carbonyl (C=O) groups excluding carboxylic acids is 1. The molecule has 2 aliphatic carbocycles. The summed E-state index contributed by atoms with van der Waals surface area (Å²) in [5, 5.41) is 3.71. The van der Waals surface area contributed by atoms with Gasteiger partial charge < -0.3 is 18.9 Å². The van der Waals surface area contributed by atoms with E-state index in [1.807, 2.05) is 60.7 Å². The summed E-state index contributed by atoms with van der Waals surface area (Å²) in [5.41, 5.74) is 11.9. The fourth-order valence-corrected chi connectivity index (χ4v) is 13.0. The number of benzene rings is 8. The van der Waals surface area contributed by atoms with Crippen molar-refractivity contribution in [2.24, 2.45) is 5.92 Å². The first-order chi connectivity index (χ1) is 36.0. The zero-order chi connectivity index (χ0) is 51.1. The lowest BCUT2D eigenvalue weighted by Crippen LogP contribution is -2.35. The molecule has 5 nitrogen and oxygen atoms in total. The summed E-state index contributed by atoms with van der Waals surface area (Å²) in [6.45, 7) is 12.0. The van der Waals surface area contributed by atoms with Crippen molar-refractivity contribution in [1.29, 1.82) is 0 Å². The standard InChI is InChI=1S/C68H67BrO5/c1-7-9-11-13-44-17-19-45(20-18-44)46-21-23-47(24-22-46)48-25-27-49(28-26-48)66(70)73-60-15-12-14-55-62-57(42-59(69)63(55)60)61-54-37-16-43(3)41-58(54)67(4,5)64(61)56-38-39-68(74-65(56)62,50-29-33-52(71-6)34-30-50)51-31-35-53(36-32-51)72-40-10-8-2/h12,14-16,21-39,41-42,44-45H,7-11,13,17-20,40H2,1-6H3. The molecule has 0 radical (unpaired) electrons. The van der Waals surface area contributed by atoms with Crippen LogP contribution in [0.1, 0.15) is 147 Å². The zero-order valence-corrected chi connectivity index (χ0v) is 45.4. The van der Waals surface area contributed by atoms with Crippen molar-refractivity contribution in [1.82, 2.24) is 0 Å². The maximum absolute atomic E-state index is 14.3. The van der Waals surface area contributed by atoms with Gasteiger partial charge in [-0.05, 0) is 171 Å². The first-order valence-corrected chi connectivity index (χ1v) is 27.9. The lowest BCUT2D eigenvalue weighted by Gasteiger charge is -2.38. The number of methoxy groups -OCH3 is 1. The van der Waals surface area contributed by atoms with Crippen LogP contribution in [0.15, 0.2) is 150 Å². The Labute approximate surface area is 446 Å². The minimum absolute atomic E-state index is 0.343. The minimum atomic E-state index is -1.03. The second kappa shape index (κ2) is 20.6. The molecule has 1 unspecified atom stereocenters. The quantitative estimate of drug-likeness (QED) is 0.0443. The Balaban J connectivity index is 0.971. The number of aryl methyl sites for hydroxylation is 1. The second-order valence-electron chi connectivity index (χ2n) is 21.6. The number of hydrogen-bond acceptors (Lipinski definition) is 5. The Bertz CT molecular complexity index is 3400. The SMILES string of the molecule is CCCCCC1CCC(c2ccc(-c3ccc(C(=O)Oc4cccc5c4c(Br)cc4c6c(c7c(c45)OC(c4ccc(OC)cc4)(c4ccc(OCCCC)cc4)C=C7)C(C)(C)c4cc(C)ccc4-6)cc3)cc2)CC1. The van der Waals surface area contributed by atoms with Gasteiger partial charge in [-0.25, -0.2) is 4.79 Å². The monoisotopic (exact) mass is 1040 g/mol. The van der Waals surface area contributed by atoms with Gasteiger partial charge in [0.1, 0.15) is 23.0 Å². The Morgan fingerprint density at radius 1 is 0.716 bits per heavy atom. The molecule has 0 saturated heterocycles. The molecule has 1 aliphatic heterocycles. The molecule has 0 spiro atoms. The third-order valence-corrected chi connectivity index (χ3v) is 17.1. The van der Waals surface area contributed by atoms with Crippen LogP contribution in [-0.4, -0.2) is 19.7 Å². The van der Waals surface area contributed by atoms with E-state index in [2.05, 4.69) is 142 Å². The second-order valence-corrected chi connectivity index (χ2v) is 22.4. The van der Waals surface area contributed by atoms with E-state index in [9.17, 15) is 4.79 Å². The van der Waals surface area contributed by atoms with E-state index in [0.29, 0.717) is 23.8 Å². The highest BCUT2D eigenvalue weighted by Crippen LogP contribution is 2.60. The van der Waals surface area contributed by atoms with Crippen molar-refractivity contribution in [3.63, 3.8) is 0 Å². The van der Waals surface area contributed by atoms with Gasteiger partial charge in [0.05, 0.1) is 19.3 Å². The molecule has 376 valence electrons. The predicted octanol–water partition coefficient (Wildman–Crippen LogP) is 18.6. The van der Waals surface area contributed by atoms with Gasteiger partial charge in [-0.1, -0.05) is 162 Å². The largest absolute Gasteiger partial charge is 0.497 e. The maximum Gasteiger partial charge on any atom is 0.343 e. The average Bonchev–Trinajstić information content (AvgIpc) is 3.70. The van der Waals surface area contributed by atoms with Crippen LogP contribution in [0.2, 0.25) is 0 Å². The summed E-state index contributed by atoms with van der Waals surface area (Å²) < 4.78 is 26.9. The van der Waals surface area contributed by atoms with Crippen molar-refractivity contribution in [2.75, 3.05) is 13.7 Å². The van der Waals surface area contributed by atoms with E-state index in [-0.39, 0.29) is 5.41 Å². The fraction of sp³-hybridized carbons (Fsp3) is 0.309. The van der Waals surface area contributed by atoms with Gasteiger partial charge in [0.15, 0.2) is 5.60 Å². The van der Waals surface area contributed by atoms with Crippen molar-refractivity contribution >= 4 is 49.5 Å². The molecule has 3 aliphatic rings. The van der Waals surface area contributed by atoms with Crippen LogP contribution in [0.4, 0.5) is 0 Å². The maximum atomic E-state index is 14.3. The van der Waals surface area contributed by atoms with Crippen LogP contribution >= 0.6 is 15.9 Å². The van der Waals surface area contributed by atoms with Crippen LogP contribution < -0.4 is 18.9 Å². The van der Waals surface area contributed by atoms with Crippen molar-refractivity contribution < 1.29 is 23.7 Å². The number of halogens is 1. The van der Waals surface area contributed by atoms with E-state index in [0.717, 1.165) is 89.8 Å². The summed E-state index contributed by atoms with van der Waals surface area (Å²) >= 11 is 4.05. The van der Waals surface area contributed by atoms with Crippen LogP contribution in [0.3, 0.4) is 0 Å². The van der Waals surface area contributed by atoms with Crippen LogP contribution in [-0.2, 0) is 11.0 Å². The highest BCUT2D eigenvalue weighted by Gasteiger charge is 2.45. The highest BCUT2D eigenvalue weighted by molar-refractivity contribution is 9.10. The van der Waals surface area contributed by atoms with Gasteiger partial charge in [-0.15, -0.1) is 0 Å². The molecule has 8 aromatic carbocycles. The number of rotatable bonds is 15. The molecule has 8 aromatic rings. The number of fused-ring (bicyclic) bond motifs is 10. The van der Waals surface area contributed by atoms with Gasteiger partial charge in [-0.3, -0.25) is 0 Å². The Hall–Kier alpha value is -6.63. The van der Waals surface area contributed by atoms with E-state index >= 15 is 0 Å². The summed E-state index contributed by atoms with van der Waals surface area (Å²) in [6, 6.07) is 48.5. The zero-order valence-electron chi connectivity index (χ0n) is 43.8. The minimum Gasteiger partial charge on any atom is -0.497 e. The molecule has 1 fully saturated rings. The van der Waals surface area contributed by atoms with Crippen molar-refractivity contribution in [2.45, 2.75) is 116 Å². The van der Waals surface area contributed by atoms with Crippen LogP contribution in [0.5, 0.6) is 23.0 Å². The van der Waals surface area contributed by atoms with Crippen molar-refractivity contribution in [3.8, 4) is 45.3 Å². The molecule has 74 heavy (non-hydrogen) atoms. The number of carbonyl (C=O) groups is 1. The predicted molar refractivity (Wildman–Crippen MR) is 307 cm³/mol. The Kier molecular flexibility index (Phi) is 13.8. The van der Waals surface area contributed by atoms with E-state index in [1.54, 1.807) is 7.11 Å². The molecule has 0 N–H and O–H groups in total. The molecule has 0 aromatic heterocycles. The summed E-state index contributed by atoms with van der Waals surface area (Å²) in [6.07, 6.45) is 17.2. The molecule has 1 saturated carbocycles. The average molecular weight is 1040 g/mol. The van der Waals surface area contributed by atoms with Crippen molar-refractivity contribution in [3.05, 3.63) is 195 Å². The summed E-state index contributed by atoms with van der Waals surface area (Å²) in [5.74, 6) is 3.95. The number of esters is 1. The first-order valence-electron chi connectivity index (χ1n) is 27.1. The highest BCUT2D eigenvalue weighted by atomic mass is 79.9. The molecule has 1 atom stereocenters. The molecular formula is C68H67BrO5. The van der Waals surface area contributed by atoms with Gasteiger partial charge in [0.25, 0.3) is 0 Å². The van der Waals surface area contributed by atoms with E-state index in [4.69, 9.17) is 18.9 Å². The summed E-state index contributed by atoms with van der Waals surface area (Å²) in [4.78, 5) is 14.3. The fourth-order valence-electron chi connectivity index (χ4n) is 12.4. The number of hydrogen-bond donors (Lipinski definition) is 0. The van der Waals surface area contributed by atoms with Gasteiger partial charge in [0.2, 0.25) is 0 Å². The first kappa shape index (κ1) is 49.6.